The van der Waals surface area contributed by atoms with E-state index in [-0.39, 0.29) is 12.3 Å². The number of nitrogens with two attached hydrogens (primary N) is 1. The molecule has 0 aliphatic heterocycles. The summed E-state index contributed by atoms with van der Waals surface area (Å²) in [6, 6.07) is 6.81. The molecule has 1 unspecified atom stereocenters. The van der Waals surface area contributed by atoms with E-state index in [4.69, 9.17) is 12.2 Å². The number of hydrogen-bond acceptors (Lipinski definition) is 3. The van der Waals surface area contributed by atoms with E-state index in [1.54, 1.807) is 6.20 Å². The third kappa shape index (κ3) is 2.72. The Kier molecular flexibility index (Phi) is 3.79. The quantitative estimate of drug-likeness (QED) is 0.820. The molecular formula is C15H15N3O. The molecule has 0 fully saturated rings. The molecule has 1 aromatic carbocycles. The zero-order valence-electron chi connectivity index (χ0n) is 10.7. The van der Waals surface area contributed by atoms with Crippen molar-refractivity contribution in [3.8, 4) is 12.3 Å². The maximum atomic E-state index is 11.9. The van der Waals surface area contributed by atoms with Gasteiger partial charge in [0.2, 0.25) is 5.91 Å². The Labute approximate surface area is 112 Å². The van der Waals surface area contributed by atoms with E-state index in [1.807, 2.05) is 31.2 Å². The van der Waals surface area contributed by atoms with Gasteiger partial charge in [0.1, 0.15) is 0 Å². The third-order valence-corrected chi connectivity index (χ3v) is 2.90. The van der Waals surface area contributed by atoms with Crippen LogP contribution in [0.3, 0.4) is 0 Å². The summed E-state index contributed by atoms with van der Waals surface area (Å²) in [5.74, 6) is 2.10. The van der Waals surface area contributed by atoms with Crippen molar-refractivity contribution in [3.05, 3.63) is 36.0 Å². The van der Waals surface area contributed by atoms with Crippen molar-refractivity contribution in [2.24, 2.45) is 5.73 Å². The summed E-state index contributed by atoms with van der Waals surface area (Å²) in [5, 5.41) is 3.69. The number of fused-ring (bicyclic) bond motifs is 1. The van der Waals surface area contributed by atoms with Crippen LogP contribution in [-0.4, -0.2) is 16.9 Å². The van der Waals surface area contributed by atoms with Gasteiger partial charge in [-0.15, -0.1) is 12.3 Å². The second-order valence-electron chi connectivity index (χ2n) is 4.33. The van der Waals surface area contributed by atoms with Gasteiger partial charge in [-0.1, -0.05) is 6.07 Å². The molecule has 0 aliphatic rings. The number of amides is 1. The van der Waals surface area contributed by atoms with E-state index in [2.05, 4.69) is 16.2 Å². The van der Waals surface area contributed by atoms with Crippen molar-refractivity contribution in [1.29, 1.82) is 0 Å². The Bertz CT molecular complexity index is 658. The predicted octanol–water partition coefficient (Wildman–Crippen LogP) is 1.83. The average Bonchev–Trinajstić information content (AvgIpc) is 2.42. The number of terminal acetylenes is 1. The molecule has 96 valence electrons. The standard InChI is InChI=1S/C15H15N3O/c1-3-5-12(16)15(19)18-13-8-7-10(2)14-11(13)6-4-9-17-14/h1,4,6-9,12H,5,16H2,2H3,(H,18,19). The lowest BCUT2D eigenvalue weighted by Gasteiger charge is -2.12. The number of carbonyl (C=O) groups is 1. The van der Waals surface area contributed by atoms with Crippen LogP contribution in [0.25, 0.3) is 10.9 Å². The first-order valence-electron chi connectivity index (χ1n) is 5.97. The van der Waals surface area contributed by atoms with E-state index in [0.717, 1.165) is 16.5 Å². The maximum Gasteiger partial charge on any atom is 0.242 e. The van der Waals surface area contributed by atoms with Crippen LogP contribution in [0.15, 0.2) is 30.5 Å². The molecule has 1 heterocycles. The topological polar surface area (TPSA) is 68.0 Å². The molecule has 19 heavy (non-hydrogen) atoms. The van der Waals surface area contributed by atoms with Crippen molar-refractivity contribution in [2.75, 3.05) is 5.32 Å². The lowest BCUT2D eigenvalue weighted by Crippen LogP contribution is -2.35. The minimum absolute atomic E-state index is 0.216. The van der Waals surface area contributed by atoms with Gasteiger partial charge in [0.05, 0.1) is 17.2 Å². The number of pyridine rings is 1. The molecule has 0 radical (unpaired) electrons. The normalized spacial score (nSPS) is 11.8. The van der Waals surface area contributed by atoms with Crippen LogP contribution in [0.1, 0.15) is 12.0 Å². The Balaban J connectivity index is 2.34. The van der Waals surface area contributed by atoms with Crippen LogP contribution in [0.2, 0.25) is 0 Å². The number of hydrogen-bond donors (Lipinski definition) is 2. The van der Waals surface area contributed by atoms with Crippen molar-refractivity contribution < 1.29 is 4.79 Å². The number of benzene rings is 1. The first-order chi connectivity index (χ1) is 9.13. The van der Waals surface area contributed by atoms with E-state index < -0.39 is 6.04 Å². The average molecular weight is 253 g/mol. The molecule has 0 aliphatic carbocycles. The Morgan fingerprint density at radius 3 is 3.05 bits per heavy atom. The smallest absolute Gasteiger partial charge is 0.242 e. The van der Waals surface area contributed by atoms with Gasteiger partial charge in [-0.05, 0) is 30.7 Å². The first kappa shape index (κ1) is 13.1. The fourth-order valence-electron chi connectivity index (χ4n) is 1.87. The Morgan fingerprint density at radius 1 is 1.53 bits per heavy atom. The van der Waals surface area contributed by atoms with Crippen molar-refractivity contribution >= 4 is 22.5 Å². The zero-order chi connectivity index (χ0) is 13.8. The maximum absolute atomic E-state index is 11.9. The molecule has 1 amide bonds. The molecule has 4 nitrogen and oxygen atoms in total. The molecule has 3 N–H and O–H groups in total. The van der Waals surface area contributed by atoms with Crippen LogP contribution in [0.4, 0.5) is 5.69 Å². The fourth-order valence-corrected chi connectivity index (χ4v) is 1.87. The number of anilines is 1. The second kappa shape index (κ2) is 5.51. The van der Waals surface area contributed by atoms with Crippen molar-refractivity contribution in [3.63, 3.8) is 0 Å². The van der Waals surface area contributed by atoms with E-state index in [0.29, 0.717) is 5.69 Å². The minimum atomic E-state index is -0.696. The fraction of sp³-hybridized carbons (Fsp3) is 0.200. The molecule has 2 aromatic rings. The highest BCUT2D eigenvalue weighted by Gasteiger charge is 2.14. The van der Waals surface area contributed by atoms with E-state index in [9.17, 15) is 4.79 Å². The van der Waals surface area contributed by atoms with Crippen LogP contribution < -0.4 is 11.1 Å². The zero-order valence-corrected chi connectivity index (χ0v) is 10.7. The van der Waals surface area contributed by atoms with Gasteiger partial charge in [0.15, 0.2) is 0 Å². The molecule has 2 rings (SSSR count). The van der Waals surface area contributed by atoms with Gasteiger partial charge in [-0.3, -0.25) is 9.78 Å². The Morgan fingerprint density at radius 2 is 2.32 bits per heavy atom. The lowest BCUT2D eigenvalue weighted by atomic mass is 10.1. The van der Waals surface area contributed by atoms with Gasteiger partial charge in [0, 0.05) is 18.0 Å². The predicted molar refractivity (Wildman–Crippen MR) is 76.5 cm³/mol. The minimum Gasteiger partial charge on any atom is -0.324 e. The van der Waals surface area contributed by atoms with Gasteiger partial charge in [0.25, 0.3) is 0 Å². The Hall–Kier alpha value is -2.38. The molecule has 1 aromatic heterocycles. The summed E-state index contributed by atoms with van der Waals surface area (Å²) in [6.45, 7) is 1.98. The number of aryl methyl sites for hydroxylation is 1. The summed E-state index contributed by atoms with van der Waals surface area (Å²) < 4.78 is 0. The summed E-state index contributed by atoms with van der Waals surface area (Å²) in [4.78, 5) is 16.2. The lowest BCUT2D eigenvalue weighted by molar-refractivity contribution is -0.117. The largest absolute Gasteiger partial charge is 0.324 e. The number of nitrogens with zero attached hydrogens (tertiary/aromatic N) is 1. The van der Waals surface area contributed by atoms with Gasteiger partial charge >= 0.3 is 0 Å². The monoisotopic (exact) mass is 253 g/mol. The van der Waals surface area contributed by atoms with E-state index >= 15 is 0 Å². The molecule has 0 bridgehead atoms. The molecular weight excluding hydrogens is 238 g/mol. The molecule has 4 heteroatoms. The van der Waals surface area contributed by atoms with Gasteiger partial charge < -0.3 is 11.1 Å². The number of nitrogens with one attached hydrogen (secondary N) is 1. The van der Waals surface area contributed by atoms with Crippen LogP contribution in [-0.2, 0) is 4.79 Å². The third-order valence-electron chi connectivity index (χ3n) is 2.90. The highest BCUT2D eigenvalue weighted by molar-refractivity contribution is 6.03. The SMILES string of the molecule is C#CCC(N)C(=O)Nc1ccc(C)c2ncccc12. The number of aromatic nitrogens is 1. The van der Waals surface area contributed by atoms with Crippen molar-refractivity contribution in [2.45, 2.75) is 19.4 Å². The highest BCUT2D eigenvalue weighted by atomic mass is 16.2. The van der Waals surface area contributed by atoms with Crippen LogP contribution in [0.5, 0.6) is 0 Å². The molecule has 1 atom stereocenters. The summed E-state index contributed by atoms with van der Waals surface area (Å²) >= 11 is 0. The summed E-state index contributed by atoms with van der Waals surface area (Å²) in [7, 11) is 0. The van der Waals surface area contributed by atoms with Gasteiger partial charge in [-0.2, -0.15) is 0 Å². The number of rotatable bonds is 3. The van der Waals surface area contributed by atoms with E-state index in [1.165, 1.54) is 0 Å². The summed E-state index contributed by atoms with van der Waals surface area (Å²) in [5.41, 5.74) is 8.30. The number of carbonyl (C=O) groups excluding carboxylic acids is 1. The second-order valence-corrected chi connectivity index (χ2v) is 4.33. The highest BCUT2D eigenvalue weighted by Crippen LogP contribution is 2.24. The first-order valence-corrected chi connectivity index (χ1v) is 5.97. The molecule has 0 saturated carbocycles. The molecule has 0 spiro atoms. The van der Waals surface area contributed by atoms with Gasteiger partial charge in [-0.25, -0.2) is 0 Å². The molecule has 0 saturated heterocycles. The van der Waals surface area contributed by atoms with Crippen molar-refractivity contribution in [1.82, 2.24) is 4.98 Å². The van der Waals surface area contributed by atoms with Crippen LogP contribution >= 0.6 is 0 Å². The van der Waals surface area contributed by atoms with Crippen LogP contribution in [0, 0.1) is 19.3 Å². The summed E-state index contributed by atoms with van der Waals surface area (Å²) in [6.07, 6.45) is 7.09.